The van der Waals surface area contributed by atoms with Gasteiger partial charge in [0, 0.05) is 59.4 Å². The third kappa shape index (κ3) is 9.42. The van der Waals surface area contributed by atoms with Gasteiger partial charge in [0.15, 0.2) is 0 Å². The predicted octanol–water partition coefficient (Wildman–Crippen LogP) is 5.39. The first-order chi connectivity index (χ1) is 19.7. The number of fused-ring (bicyclic) bond motifs is 2. The van der Waals surface area contributed by atoms with Gasteiger partial charge in [0.25, 0.3) is 0 Å². The Hall–Kier alpha value is -4.22. The molecule has 0 aliphatic carbocycles. The molecule has 0 spiro atoms. The number of amides is 2. The highest BCUT2D eigenvalue weighted by atomic mass is 16.6. The molecule has 0 aliphatic heterocycles. The maximum absolute atomic E-state index is 11.7. The predicted molar refractivity (Wildman–Crippen MR) is 165 cm³/mol. The molecule has 11 nitrogen and oxygen atoms in total. The highest BCUT2D eigenvalue weighted by Crippen LogP contribution is 2.27. The lowest BCUT2D eigenvalue weighted by molar-refractivity contribution is 0.0513. The number of H-pyrrole nitrogens is 2. The van der Waals surface area contributed by atoms with E-state index in [0.29, 0.717) is 13.1 Å². The number of nitrogens with one attached hydrogen (secondary N) is 4. The van der Waals surface area contributed by atoms with Crippen LogP contribution in [0, 0.1) is 0 Å². The summed E-state index contributed by atoms with van der Waals surface area (Å²) in [4.78, 5) is 29.6. The summed E-state index contributed by atoms with van der Waals surface area (Å²) in [7, 11) is 1.62. The number of nitrogens with two attached hydrogens (primary N) is 2. The summed E-state index contributed by atoms with van der Waals surface area (Å²) in [6.07, 6.45) is 2.81. The summed E-state index contributed by atoms with van der Waals surface area (Å²) >= 11 is 0. The van der Waals surface area contributed by atoms with Crippen molar-refractivity contribution in [3.63, 3.8) is 0 Å². The van der Waals surface area contributed by atoms with Crippen LogP contribution >= 0.6 is 0 Å². The first-order valence-electron chi connectivity index (χ1n) is 13.8. The number of aromatic nitrogens is 2. The molecular weight excluding hydrogens is 536 g/mol. The molecule has 2 aromatic heterocycles. The van der Waals surface area contributed by atoms with E-state index in [-0.39, 0.29) is 12.1 Å². The minimum Gasteiger partial charge on any atom is -0.497 e. The maximum Gasteiger partial charge on any atom is 0.407 e. The summed E-state index contributed by atoms with van der Waals surface area (Å²) in [6, 6.07) is 13.1. The fourth-order valence-electron chi connectivity index (χ4n) is 4.19. The molecule has 0 saturated heterocycles. The monoisotopic (exact) mass is 580 g/mol. The highest BCUT2D eigenvalue weighted by molar-refractivity contribution is 5.85. The Bertz CT molecular complexity index is 1480. The molecule has 8 N–H and O–H groups in total. The van der Waals surface area contributed by atoms with Crippen LogP contribution < -0.4 is 26.8 Å². The van der Waals surface area contributed by atoms with Gasteiger partial charge in [-0.25, -0.2) is 9.59 Å². The Morgan fingerprint density at radius 2 is 1.24 bits per heavy atom. The zero-order valence-electron chi connectivity index (χ0n) is 25.5. The van der Waals surface area contributed by atoms with Crippen LogP contribution in [0.2, 0.25) is 0 Å². The van der Waals surface area contributed by atoms with Gasteiger partial charge in [0.05, 0.1) is 7.11 Å². The van der Waals surface area contributed by atoms with Crippen LogP contribution in [0.3, 0.4) is 0 Å². The molecule has 2 atom stereocenters. The molecule has 0 fully saturated rings. The van der Waals surface area contributed by atoms with Gasteiger partial charge in [0.1, 0.15) is 17.0 Å². The van der Waals surface area contributed by atoms with E-state index in [0.717, 1.165) is 38.7 Å². The highest BCUT2D eigenvalue weighted by Gasteiger charge is 2.19. The number of carbonyl (C=O) groups is 2. The molecule has 2 aromatic carbocycles. The quantitative estimate of drug-likeness (QED) is 0.170. The second-order valence-corrected chi connectivity index (χ2v) is 11.9. The van der Waals surface area contributed by atoms with Gasteiger partial charge in [-0.3, -0.25) is 0 Å². The molecule has 11 heteroatoms. The number of hydrogen-bond acceptors (Lipinski definition) is 7. The first-order valence-corrected chi connectivity index (χ1v) is 13.8. The molecular formula is C31H44N6O5. The van der Waals surface area contributed by atoms with Gasteiger partial charge < -0.3 is 46.3 Å². The lowest BCUT2D eigenvalue weighted by Crippen LogP contribution is -2.36. The number of alkyl carbamates (subject to hydrolysis) is 2. The SMILES string of the molecule is CC(C)(C)OC(=O)NCC(N)c1c[nH]c2ccccc12.COc1ccc2[nH]cc(C(N)CNC(=O)OC(C)(C)C)c2c1. The van der Waals surface area contributed by atoms with E-state index in [1.165, 1.54) is 0 Å². The van der Waals surface area contributed by atoms with Gasteiger partial charge >= 0.3 is 12.2 Å². The van der Waals surface area contributed by atoms with Crippen molar-refractivity contribution in [3.05, 3.63) is 66.0 Å². The second kappa shape index (κ2) is 13.6. The van der Waals surface area contributed by atoms with E-state index in [1.54, 1.807) is 7.11 Å². The average Bonchev–Trinajstić information content (AvgIpc) is 3.53. The third-order valence-corrected chi connectivity index (χ3v) is 6.07. The van der Waals surface area contributed by atoms with E-state index >= 15 is 0 Å². The topological polar surface area (TPSA) is 170 Å². The van der Waals surface area contributed by atoms with Crippen molar-refractivity contribution in [2.24, 2.45) is 11.5 Å². The van der Waals surface area contributed by atoms with Crippen molar-refractivity contribution in [1.82, 2.24) is 20.6 Å². The van der Waals surface area contributed by atoms with Crippen molar-refractivity contribution in [2.75, 3.05) is 20.2 Å². The van der Waals surface area contributed by atoms with E-state index in [2.05, 4.69) is 20.6 Å². The first kappa shape index (κ1) is 32.3. The normalized spacial score (nSPS) is 13.1. The number of para-hydroxylation sites is 1. The molecule has 228 valence electrons. The summed E-state index contributed by atoms with van der Waals surface area (Å²) in [5.41, 5.74) is 15.2. The molecule has 2 amide bonds. The lowest BCUT2D eigenvalue weighted by atomic mass is 10.1. The van der Waals surface area contributed by atoms with Crippen molar-refractivity contribution in [3.8, 4) is 5.75 Å². The van der Waals surface area contributed by atoms with Crippen LogP contribution in [0.4, 0.5) is 9.59 Å². The molecule has 4 rings (SSSR count). The largest absolute Gasteiger partial charge is 0.497 e. The third-order valence-electron chi connectivity index (χ3n) is 6.07. The minimum atomic E-state index is -0.525. The Morgan fingerprint density at radius 1 is 0.762 bits per heavy atom. The van der Waals surface area contributed by atoms with Crippen LogP contribution in [-0.2, 0) is 9.47 Å². The van der Waals surface area contributed by atoms with Crippen LogP contribution in [0.25, 0.3) is 21.8 Å². The molecule has 0 aliphatic rings. The van der Waals surface area contributed by atoms with Crippen LogP contribution in [-0.4, -0.2) is 53.6 Å². The molecule has 4 aromatic rings. The fourth-order valence-corrected chi connectivity index (χ4v) is 4.19. The average molecular weight is 581 g/mol. The van der Waals surface area contributed by atoms with Crippen LogP contribution in [0.5, 0.6) is 5.75 Å². The van der Waals surface area contributed by atoms with Crippen LogP contribution in [0.1, 0.15) is 64.8 Å². The molecule has 2 unspecified atom stereocenters. The summed E-state index contributed by atoms with van der Waals surface area (Å²) in [5, 5.41) is 7.44. The Kier molecular flexibility index (Phi) is 10.5. The van der Waals surface area contributed by atoms with E-state index < -0.39 is 23.4 Å². The smallest absolute Gasteiger partial charge is 0.407 e. The minimum absolute atomic E-state index is 0.279. The van der Waals surface area contributed by atoms with Crippen molar-refractivity contribution in [2.45, 2.75) is 64.8 Å². The number of benzene rings is 2. The standard InChI is InChI=1S/C16H23N3O3.C15H21N3O2/c1-16(2,3)22-15(20)19-9-13(17)12-8-18-14-6-5-10(21-4)7-11(12)14;1-15(2,3)20-14(19)18-9-12(16)11-8-17-13-7-5-4-6-10(11)13/h5-8,13,18H,9,17H2,1-4H3,(H,19,20);4-8,12,17H,9,16H2,1-3H3,(H,18,19). The van der Waals surface area contributed by atoms with E-state index in [9.17, 15) is 9.59 Å². The van der Waals surface area contributed by atoms with Crippen molar-refractivity contribution >= 4 is 34.0 Å². The Balaban J connectivity index is 0.000000231. The zero-order valence-corrected chi connectivity index (χ0v) is 25.5. The number of rotatable bonds is 7. The molecule has 0 saturated carbocycles. The number of ether oxygens (including phenoxy) is 3. The number of carbonyl (C=O) groups excluding carboxylic acids is 2. The van der Waals surface area contributed by atoms with Gasteiger partial charge in [0.2, 0.25) is 0 Å². The fraction of sp³-hybridized carbons (Fsp3) is 0.419. The Labute approximate surface area is 246 Å². The second-order valence-electron chi connectivity index (χ2n) is 11.9. The van der Waals surface area contributed by atoms with E-state index in [1.807, 2.05) is 96.4 Å². The molecule has 0 bridgehead atoms. The number of aromatic amines is 2. The maximum atomic E-state index is 11.7. The summed E-state index contributed by atoms with van der Waals surface area (Å²) in [6.45, 7) is 11.6. The zero-order chi connectivity index (χ0) is 31.1. The summed E-state index contributed by atoms with van der Waals surface area (Å²) in [5.74, 6) is 0.764. The van der Waals surface area contributed by atoms with Gasteiger partial charge in [-0.1, -0.05) is 18.2 Å². The summed E-state index contributed by atoms with van der Waals surface area (Å²) < 4.78 is 15.6. The van der Waals surface area contributed by atoms with E-state index in [4.69, 9.17) is 25.7 Å². The van der Waals surface area contributed by atoms with Crippen molar-refractivity contribution < 1.29 is 23.8 Å². The number of methoxy groups -OCH3 is 1. The Morgan fingerprint density at radius 3 is 1.74 bits per heavy atom. The van der Waals surface area contributed by atoms with Gasteiger partial charge in [-0.15, -0.1) is 0 Å². The van der Waals surface area contributed by atoms with Crippen molar-refractivity contribution in [1.29, 1.82) is 0 Å². The molecule has 0 radical (unpaired) electrons. The van der Waals surface area contributed by atoms with Crippen LogP contribution in [0.15, 0.2) is 54.9 Å². The van der Waals surface area contributed by atoms with Gasteiger partial charge in [-0.2, -0.15) is 0 Å². The van der Waals surface area contributed by atoms with Gasteiger partial charge in [-0.05, 0) is 76.9 Å². The molecule has 2 heterocycles. The number of hydrogen-bond donors (Lipinski definition) is 6. The lowest BCUT2D eigenvalue weighted by Gasteiger charge is -2.20. The molecule has 42 heavy (non-hydrogen) atoms.